The number of carbonyl (C=O) groups is 1. The van der Waals surface area contributed by atoms with Gasteiger partial charge in [-0.1, -0.05) is 13.5 Å². The summed E-state index contributed by atoms with van der Waals surface area (Å²) < 4.78 is 15.1. The van der Waals surface area contributed by atoms with Gasteiger partial charge in [0.15, 0.2) is 6.16 Å². The number of rotatable bonds is 4. The summed E-state index contributed by atoms with van der Waals surface area (Å²) in [6.07, 6.45) is 2.18. The third-order valence-corrected chi connectivity index (χ3v) is 1.96. The molecule has 0 radical (unpaired) electrons. The van der Waals surface area contributed by atoms with Crippen LogP contribution < -0.4 is 0 Å². The first-order valence-electron chi connectivity index (χ1n) is 2.99. The molecule has 56 valence electrons. The van der Waals surface area contributed by atoms with Crippen molar-refractivity contribution >= 4 is 14.0 Å². The van der Waals surface area contributed by atoms with E-state index in [1.807, 2.05) is 6.92 Å². The molecule has 0 N–H and O–H groups in total. The molecule has 10 heavy (non-hydrogen) atoms. The Morgan fingerprint density at radius 1 is 1.80 bits per heavy atom. The van der Waals surface area contributed by atoms with Gasteiger partial charge in [0, 0.05) is 6.08 Å². The first-order chi connectivity index (χ1) is 4.70. The molecule has 0 bridgehead atoms. The molecule has 1 atom stereocenters. The van der Waals surface area contributed by atoms with Crippen LogP contribution in [0.2, 0.25) is 0 Å². The molecule has 3 nitrogen and oxygen atoms in total. The van der Waals surface area contributed by atoms with Crippen LogP contribution in [0, 0.1) is 0 Å². The highest BCUT2D eigenvalue weighted by molar-refractivity contribution is 7.39. The van der Waals surface area contributed by atoms with Crippen molar-refractivity contribution in [2.24, 2.45) is 0 Å². The van der Waals surface area contributed by atoms with Gasteiger partial charge in [0.05, 0.1) is 0 Å². The lowest BCUT2D eigenvalue weighted by molar-refractivity contribution is -0.128. The van der Waals surface area contributed by atoms with Gasteiger partial charge >= 0.3 is 14.0 Å². The Morgan fingerprint density at radius 3 is 2.80 bits per heavy atom. The van der Waals surface area contributed by atoms with E-state index in [0.29, 0.717) is 6.16 Å². The first-order valence-corrected chi connectivity index (χ1v) is 4.36. The lowest BCUT2D eigenvalue weighted by atomic mass is 10.6. The maximum atomic E-state index is 10.7. The van der Waals surface area contributed by atoms with Gasteiger partial charge in [-0.15, -0.1) is 0 Å². The summed E-state index contributed by atoms with van der Waals surface area (Å²) in [6.45, 7) is 5.04. The molecular weight excluding hydrogens is 151 g/mol. The fourth-order valence-corrected chi connectivity index (χ4v) is 1.10. The second-order valence-electron chi connectivity index (χ2n) is 1.67. The zero-order chi connectivity index (χ0) is 7.98. The first kappa shape index (κ1) is 9.31. The van der Waals surface area contributed by atoms with Crippen molar-refractivity contribution in [3.05, 3.63) is 12.7 Å². The lowest BCUT2D eigenvalue weighted by Gasteiger charge is -1.81. The largest absolute Gasteiger partial charge is 0.559 e. The molecule has 1 unspecified atom stereocenters. The molecule has 0 aromatic rings. The summed E-state index contributed by atoms with van der Waals surface area (Å²) in [6, 6.07) is 0. The van der Waals surface area contributed by atoms with Gasteiger partial charge in [0.2, 0.25) is 0 Å². The van der Waals surface area contributed by atoms with Crippen molar-refractivity contribution in [1.29, 1.82) is 0 Å². The molecule has 0 aliphatic carbocycles. The van der Waals surface area contributed by atoms with Gasteiger partial charge < -0.3 is 0 Å². The molecule has 0 heterocycles. The highest BCUT2D eigenvalue weighted by Crippen LogP contribution is 2.22. The van der Waals surface area contributed by atoms with E-state index in [1.165, 1.54) is 0 Å². The van der Waals surface area contributed by atoms with Crippen molar-refractivity contribution < 1.29 is 13.9 Å². The molecule has 0 amide bonds. The average molecular weight is 161 g/mol. The van der Waals surface area contributed by atoms with E-state index in [4.69, 9.17) is 0 Å². The van der Waals surface area contributed by atoms with Gasteiger partial charge in [0.25, 0.3) is 0 Å². The molecular formula is C6H10O3P+. The molecule has 0 rings (SSSR count). The average Bonchev–Trinajstić information content (AvgIpc) is 1.88. The van der Waals surface area contributed by atoms with Crippen molar-refractivity contribution in [3.8, 4) is 0 Å². The van der Waals surface area contributed by atoms with Crippen LogP contribution in [-0.2, 0) is 13.9 Å². The van der Waals surface area contributed by atoms with Crippen molar-refractivity contribution in [2.75, 3.05) is 6.16 Å². The predicted octanol–water partition coefficient (Wildman–Crippen LogP) is 1.87. The molecule has 0 saturated heterocycles. The molecule has 0 fully saturated rings. The van der Waals surface area contributed by atoms with E-state index in [9.17, 15) is 9.36 Å². The standard InChI is InChI=1S/C6H10O3P/c1-3-5-10(8)9-6(7)4-2/h4H,2-3,5H2,1H3/q+1. The Labute approximate surface area is 60.9 Å². The molecule has 0 saturated carbocycles. The maximum absolute atomic E-state index is 10.7. The Balaban J connectivity index is 3.57. The number of carbonyl (C=O) groups excluding carboxylic acids is 1. The van der Waals surface area contributed by atoms with E-state index in [-0.39, 0.29) is 0 Å². The van der Waals surface area contributed by atoms with E-state index in [2.05, 4.69) is 11.1 Å². The molecule has 4 heteroatoms. The third kappa shape index (κ3) is 4.21. The minimum Gasteiger partial charge on any atom is -0.241 e. The summed E-state index contributed by atoms with van der Waals surface area (Å²) in [5, 5.41) is 0. The monoisotopic (exact) mass is 161 g/mol. The van der Waals surface area contributed by atoms with Gasteiger partial charge in [-0.05, 0) is 11.0 Å². The Kier molecular flexibility index (Phi) is 4.77. The Morgan fingerprint density at radius 2 is 2.40 bits per heavy atom. The van der Waals surface area contributed by atoms with Crippen LogP contribution >= 0.6 is 8.03 Å². The quantitative estimate of drug-likeness (QED) is 0.467. The Hall–Kier alpha value is -0.690. The van der Waals surface area contributed by atoms with Gasteiger partial charge in [-0.25, -0.2) is 9.32 Å². The normalized spacial score (nSPS) is 10.3. The van der Waals surface area contributed by atoms with Gasteiger partial charge in [-0.2, -0.15) is 0 Å². The summed E-state index contributed by atoms with van der Waals surface area (Å²) >= 11 is 0. The minimum absolute atomic E-state index is 0.426. The van der Waals surface area contributed by atoms with Crippen LogP contribution in [-0.4, -0.2) is 12.1 Å². The SMILES string of the molecule is C=CC(=O)O[P+](=O)CCC. The second-order valence-corrected chi connectivity index (χ2v) is 2.97. The molecule has 0 spiro atoms. The van der Waals surface area contributed by atoms with Crippen molar-refractivity contribution in [2.45, 2.75) is 13.3 Å². The number of hydrogen-bond donors (Lipinski definition) is 0. The summed E-state index contributed by atoms with van der Waals surface area (Å²) in [5.74, 6) is -0.616. The fourth-order valence-electron chi connectivity index (χ4n) is 0.366. The van der Waals surface area contributed by atoms with Crippen LogP contribution in [0.5, 0.6) is 0 Å². The number of hydrogen-bond acceptors (Lipinski definition) is 3. The van der Waals surface area contributed by atoms with Crippen LogP contribution in [0.25, 0.3) is 0 Å². The topological polar surface area (TPSA) is 43.4 Å². The fraction of sp³-hybridized carbons (Fsp3) is 0.500. The lowest BCUT2D eigenvalue weighted by Crippen LogP contribution is -1.92. The smallest absolute Gasteiger partial charge is 0.241 e. The van der Waals surface area contributed by atoms with Crippen LogP contribution in [0.4, 0.5) is 0 Å². The molecule has 0 aromatic carbocycles. The van der Waals surface area contributed by atoms with Crippen LogP contribution in [0.1, 0.15) is 13.3 Å². The summed E-state index contributed by atoms with van der Waals surface area (Å²) in [7, 11) is -1.80. The molecule has 0 aromatic heterocycles. The molecule has 0 aliphatic heterocycles. The summed E-state index contributed by atoms with van der Waals surface area (Å²) in [4.78, 5) is 10.4. The zero-order valence-corrected chi connectivity index (χ0v) is 6.77. The highest BCUT2D eigenvalue weighted by atomic mass is 31.1. The minimum atomic E-state index is -1.80. The van der Waals surface area contributed by atoms with E-state index in [0.717, 1.165) is 12.5 Å². The molecule has 0 aliphatic rings. The predicted molar refractivity (Wildman–Crippen MR) is 39.1 cm³/mol. The Bertz CT molecular complexity index is 153. The van der Waals surface area contributed by atoms with Crippen molar-refractivity contribution in [1.82, 2.24) is 0 Å². The highest BCUT2D eigenvalue weighted by Gasteiger charge is 2.18. The maximum Gasteiger partial charge on any atom is 0.559 e. The third-order valence-electron chi connectivity index (χ3n) is 0.765. The van der Waals surface area contributed by atoms with E-state index >= 15 is 0 Å². The van der Waals surface area contributed by atoms with Gasteiger partial charge in [0.1, 0.15) is 0 Å². The van der Waals surface area contributed by atoms with Crippen LogP contribution in [0.3, 0.4) is 0 Å². The van der Waals surface area contributed by atoms with E-state index < -0.39 is 14.0 Å². The zero-order valence-electron chi connectivity index (χ0n) is 5.87. The summed E-state index contributed by atoms with van der Waals surface area (Å²) in [5.41, 5.74) is 0. The van der Waals surface area contributed by atoms with Crippen LogP contribution in [0.15, 0.2) is 12.7 Å². The second kappa shape index (κ2) is 5.12. The van der Waals surface area contributed by atoms with Crippen molar-refractivity contribution in [3.63, 3.8) is 0 Å². The van der Waals surface area contributed by atoms with Gasteiger partial charge in [-0.3, -0.25) is 0 Å². The van der Waals surface area contributed by atoms with E-state index in [1.54, 1.807) is 0 Å².